The van der Waals surface area contributed by atoms with E-state index in [-0.39, 0.29) is 24.5 Å². The summed E-state index contributed by atoms with van der Waals surface area (Å²) in [5.41, 5.74) is -0.0818. The van der Waals surface area contributed by atoms with Crippen LogP contribution < -0.4 is 0 Å². The summed E-state index contributed by atoms with van der Waals surface area (Å²) in [5, 5.41) is 0. The van der Waals surface area contributed by atoms with E-state index in [2.05, 4.69) is 0 Å². The van der Waals surface area contributed by atoms with Crippen molar-refractivity contribution in [2.75, 3.05) is 20.2 Å². The average Bonchev–Trinajstić information content (AvgIpc) is 2.62. The molecule has 0 spiro atoms. The smallest absolute Gasteiger partial charge is 0.466 e. The fourth-order valence-corrected chi connectivity index (χ4v) is 2.54. The number of halogens is 6. The standard InChI is InChI=1S/C20H29F2NO4.BF4/c1-6-26-17(24)13-15(14-8-7-9-16(12-14)18(21)22)10-11-23(5)19(25)27-20(2,3)4;2-1(3,4)5/h7-9,12,15,18H,6,10-11,13H2,1-5H3;/q;-1. The highest BCUT2D eigenvalue weighted by Crippen LogP contribution is 2.28. The van der Waals surface area contributed by atoms with Crippen LogP contribution in [0.1, 0.15) is 64.0 Å². The SMILES string of the molecule is CCOC(=O)CC(CCN(C)C(=O)OC(C)(C)C)c1cccc(C(F)F)c1.F[B-](F)(F)F. The van der Waals surface area contributed by atoms with Gasteiger partial charge in [0.2, 0.25) is 0 Å². The van der Waals surface area contributed by atoms with Gasteiger partial charge in [-0.25, -0.2) is 13.6 Å². The lowest BCUT2D eigenvalue weighted by Crippen LogP contribution is -2.35. The van der Waals surface area contributed by atoms with Gasteiger partial charge in [0, 0.05) is 19.2 Å². The van der Waals surface area contributed by atoms with Crippen LogP contribution in [0.25, 0.3) is 0 Å². The van der Waals surface area contributed by atoms with Crippen molar-refractivity contribution in [1.29, 1.82) is 0 Å². The second-order valence-corrected chi connectivity index (χ2v) is 7.86. The van der Waals surface area contributed by atoms with Gasteiger partial charge in [0.05, 0.1) is 13.0 Å². The van der Waals surface area contributed by atoms with E-state index in [4.69, 9.17) is 9.47 Å². The Bertz CT molecular complexity index is 719. The second kappa shape index (κ2) is 13.2. The van der Waals surface area contributed by atoms with Crippen molar-refractivity contribution in [2.24, 2.45) is 0 Å². The summed E-state index contributed by atoms with van der Waals surface area (Å²) in [7, 11) is -4.40. The number of rotatable bonds is 8. The van der Waals surface area contributed by atoms with Crippen LogP contribution in [0.2, 0.25) is 0 Å². The third-order valence-electron chi connectivity index (χ3n) is 3.87. The molecule has 0 aliphatic carbocycles. The first-order chi connectivity index (χ1) is 14.5. The molecule has 184 valence electrons. The molecule has 1 aromatic rings. The molecule has 5 nitrogen and oxygen atoms in total. The number of hydrogen-bond acceptors (Lipinski definition) is 4. The van der Waals surface area contributed by atoms with Crippen molar-refractivity contribution in [3.05, 3.63) is 35.4 Å². The van der Waals surface area contributed by atoms with E-state index in [1.807, 2.05) is 0 Å². The van der Waals surface area contributed by atoms with Crippen LogP contribution in [0.4, 0.5) is 30.8 Å². The number of ether oxygens (including phenoxy) is 2. The molecule has 1 rings (SSSR count). The minimum absolute atomic E-state index is 0.0582. The fourth-order valence-electron chi connectivity index (χ4n) is 2.54. The van der Waals surface area contributed by atoms with Crippen molar-refractivity contribution in [1.82, 2.24) is 4.90 Å². The van der Waals surface area contributed by atoms with E-state index in [9.17, 15) is 35.6 Å². The molecule has 1 amide bonds. The minimum Gasteiger partial charge on any atom is -0.466 e. The number of esters is 1. The number of carbonyl (C=O) groups excluding carboxylic acids is 2. The van der Waals surface area contributed by atoms with E-state index in [0.717, 1.165) is 0 Å². The third kappa shape index (κ3) is 14.6. The number of amides is 1. The number of benzene rings is 1. The lowest BCUT2D eigenvalue weighted by Gasteiger charge is -2.26. The van der Waals surface area contributed by atoms with Gasteiger partial charge >= 0.3 is 19.3 Å². The molecule has 1 atom stereocenters. The molecule has 0 saturated carbocycles. The van der Waals surface area contributed by atoms with Crippen LogP contribution in [0.3, 0.4) is 0 Å². The lowest BCUT2D eigenvalue weighted by molar-refractivity contribution is -0.143. The van der Waals surface area contributed by atoms with Crippen LogP contribution in [0, 0.1) is 0 Å². The maximum absolute atomic E-state index is 13.0. The summed E-state index contributed by atoms with van der Waals surface area (Å²) in [6, 6.07) is 6.01. The minimum atomic E-state index is -6.00. The molecule has 0 aliphatic rings. The maximum atomic E-state index is 13.0. The van der Waals surface area contributed by atoms with E-state index in [1.54, 1.807) is 46.9 Å². The maximum Gasteiger partial charge on any atom is 0.673 e. The molecule has 12 heteroatoms. The Morgan fingerprint density at radius 1 is 1.09 bits per heavy atom. The first-order valence-electron chi connectivity index (χ1n) is 9.88. The molecule has 0 aliphatic heterocycles. The Kier molecular flexibility index (Phi) is 12.2. The summed E-state index contributed by atoms with van der Waals surface area (Å²) in [5.74, 6) is -0.738. The fraction of sp³-hybridized carbons (Fsp3) is 0.600. The third-order valence-corrected chi connectivity index (χ3v) is 3.87. The number of carbonyl (C=O) groups is 2. The zero-order valence-corrected chi connectivity index (χ0v) is 18.7. The van der Waals surface area contributed by atoms with Gasteiger partial charge in [-0.05, 0) is 51.7 Å². The number of nitrogens with zero attached hydrogens (tertiary/aromatic N) is 1. The van der Waals surface area contributed by atoms with Crippen LogP contribution in [0.5, 0.6) is 0 Å². The molecule has 1 aromatic carbocycles. The molecule has 32 heavy (non-hydrogen) atoms. The van der Waals surface area contributed by atoms with E-state index in [1.165, 1.54) is 17.0 Å². The van der Waals surface area contributed by atoms with Crippen LogP contribution >= 0.6 is 0 Å². The predicted octanol–water partition coefficient (Wildman–Crippen LogP) is 6.22. The van der Waals surface area contributed by atoms with E-state index < -0.39 is 31.3 Å². The van der Waals surface area contributed by atoms with Gasteiger partial charge in [-0.1, -0.05) is 18.2 Å². The summed E-state index contributed by atoms with van der Waals surface area (Å²) in [4.78, 5) is 25.4. The molecular weight excluding hydrogens is 443 g/mol. The second-order valence-electron chi connectivity index (χ2n) is 7.86. The molecule has 0 N–H and O–H groups in total. The van der Waals surface area contributed by atoms with Gasteiger partial charge in [0.25, 0.3) is 6.43 Å². The van der Waals surface area contributed by atoms with Crippen molar-refractivity contribution < 1.29 is 45.1 Å². The molecule has 0 saturated heterocycles. The van der Waals surface area contributed by atoms with E-state index in [0.29, 0.717) is 18.5 Å². The Hall–Kier alpha value is -2.40. The molecule has 0 fully saturated rings. The van der Waals surface area contributed by atoms with Crippen molar-refractivity contribution in [2.45, 2.75) is 58.5 Å². The number of hydrogen-bond donors (Lipinski definition) is 0. The highest BCUT2D eigenvalue weighted by atomic mass is 19.5. The zero-order chi connectivity index (χ0) is 25.1. The van der Waals surface area contributed by atoms with Crippen molar-refractivity contribution in [3.8, 4) is 0 Å². The summed E-state index contributed by atoms with van der Waals surface area (Å²) < 4.78 is 75.3. The van der Waals surface area contributed by atoms with Crippen LogP contribution in [0.15, 0.2) is 24.3 Å². The molecule has 0 aromatic heterocycles. The Morgan fingerprint density at radius 3 is 2.09 bits per heavy atom. The van der Waals surface area contributed by atoms with Gasteiger partial charge in [0.15, 0.2) is 0 Å². The van der Waals surface area contributed by atoms with Gasteiger partial charge in [-0.15, -0.1) is 0 Å². The summed E-state index contributed by atoms with van der Waals surface area (Å²) in [6.07, 6.45) is -2.58. The molecule has 1 unspecified atom stereocenters. The van der Waals surface area contributed by atoms with E-state index >= 15 is 0 Å². The van der Waals surface area contributed by atoms with Crippen molar-refractivity contribution in [3.63, 3.8) is 0 Å². The zero-order valence-electron chi connectivity index (χ0n) is 18.7. The molecular formula is C20H29BF6NO4-. The van der Waals surface area contributed by atoms with Gasteiger partial charge in [-0.3, -0.25) is 4.79 Å². The Balaban J connectivity index is 0.00000172. The van der Waals surface area contributed by atoms with Gasteiger partial charge in [-0.2, -0.15) is 0 Å². The number of alkyl halides is 2. The lowest BCUT2D eigenvalue weighted by atomic mass is 9.91. The average molecular weight is 472 g/mol. The Morgan fingerprint density at radius 2 is 1.62 bits per heavy atom. The summed E-state index contributed by atoms with van der Waals surface area (Å²) >= 11 is 0. The predicted molar refractivity (Wildman–Crippen MR) is 109 cm³/mol. The van der Waals surface area contributed by atoms with Gasteiger partial charge < -0.3 is 31.6 Å². The molecule has 0 heterocycles. The quantitative estimate of drug-likeness (QED) is 0.256. The topological polar surface area (TPSA) is 55.8 Å². The van der Waals surface area contributed by atoms with Crippen LogP contribution in [-0.4, -0.2) is 50.0 Å². The van der Waals surface area contributed by atoms with Crippen molar-refractivity contribution >= 4 is 19.3 Å². The monoisotopic (exact) mass is 472 g/mol. The Labute approximate surface area is 184 Å². The first-order valence-corrected chi connectivity index (χ1v) is 9.88. The highest BCUT2D eigenvalue weighted by molar-refractivity contribution is 6.50. The molecule has 0 radical (unpaired) electrons. The first kappa shape index (κ1) is 29.6. The molecule has 0 bridgehead atoms. The van der Waals surface area contributed by atoms with Crippen LogP contribution in [-0.2, 0) is 14.3 Å². The summed E-state index contributed by atoms with van der Waals surface area (Å²) in [6.45, 7) is 7.60. The normalized spacial score (nSPS) is 12.5. The highest BCUT2D eigenvalue weighted by Gasteiger charge is 2.23. The van der Waals surface area contributed by atoms with Gasteiger partial charge in [0.1, 0.15) is 5.60 Å². The largest absolute Gasteiger partial charge is 0.673 e.